The van der Waals surface area contributed by atoms with Crippen molar-refractivity contribution >= 4 is 54.6 Å². The van der Waals surface area contributed by atoms with E-state index in [2.05, 4.69) is 42.2 Å². The quantitative estimate of drug-likeness (QED) is 0.308. The summed E-state index contributed by atoms with van der Waals surface area (Å²) in [6, 6.07) is 20.4. The molecule has 0 radical (unpaired) electrons. The van der Waals surface area contributed by atoms with Crippen LogP contribution >= 0.6 is 31.9 Å². The van der Waals surface area contributed by atoms with Gasteiger partial charge in [0.1, 0.15) is 11.3 Å². The first kappa shape index (κ1) is 20.6. The highest BCUT2D eigenvalue weighted by Gasteiger charge is 2.30. The standard InChI is InChI=1S/C23H18Br2N2O3/c1-23(2,30-18-10-7-16(25)8-11-18)22(28)26-17-9-12-20-19(13-17)27-21(29-20)14-3-5-15(24)6-4-14/h3-13H,1-2H3,(H,26,28). The van der Waals surface area contributed by atoms with E-state index in [1.165, 1.54) is 0 Å². The Hall–Kier alpha value is -2.64. The normalized spacial score (nSPS) is 11.5. The van der Waals surface area contributed by atoms with Crippen LogP contribution in [-0.2, 0) is 4.79 Å². The predicted molar refractivity (Wildman–Crippen MR) is 125 cm³/mol. The van der Waals surface area contributed by atoms with Crippen molar-refractivity contribution in [2.24, 2.45) is 0 Å². The Morgan fingerprint density at radius 2 is 1.60 bits per heavy atom. The van der Waals surface area contributed by atoms with Crippen LogP contribution in [0.1, 0.15) is 13.8 Å². The smallest absolute Gasteiger partial charge is 0.267 e. The molecule has 1 amide bonds. The van der Waals surface area contributed by atoms with Gasteiger partial charge in [-0.1, -0.05) is 31.9 Å². The summed E-state index contributed by atoms with van der Waals surface area (Å²) in [5, 5.41) is 2.90. The van der Waals surface area contributed by atoms with Crippen molar-refractivity contribution in [1.82, 2.24) is 4.98 Å². The van der Waals surface area contributed by atoms with E-state index in [4.69, 9.17) is 9.15 Å². The van der Waals surface area contributed by atoms with E-state index in [0.29, 0.717) is 28.4 Å². The molecule has 0 spiro atoms. The van der Waals surface area contributed by atoms with Crippen LogP contribution < -0.4 is 10.1 Å². The SMILES string of the molecule is CC(C)(Oc1ccc(Br)cc1)C(=O)Nc1ccc2oc(-c3ccc(Br)cc3)nc2c1. The highest BCUT2D eigenvalue weighted by atomic mass is 79.9. The number of hydrogen-bond donors (Lipinski definition) is 1. The molecule has 0 unspecified atom stereocenters. The minimum atomic E-state index is -1.06. The summed E-state index contributed by atoms with van der Waals surface area (Å²) in [5.74, 6) is 0.880. The van der Waals surface area contributed by atoms with Gasteiger partial charge in [-0.3, -0.25) is 4.79 Å². The number of ether oxygens (including phenoxy) is 1. The molecule has 0 aliphatic heterocycles. The summed E-state index contributed by atoms with van der Waals surface area (Å²) in [4.78, 5) is 17.4. The zero-order valence-corrected chi connectivity index (χ0v) is 19.5. The number of amides is 1. The molecule has 30 heavy (non-hydrogen) atoms. The van der Waals surface area contributed by atoms with Crippen LogP contribution in [0, 0.1) is 0 Å². The van der Waals surface area contributed by atoms with E-state index in [1.807, 2.05) is 48.5 Å². The second-order valence-corrected chi connectivity index (χ2v) is 9.06. The summed E-state index contributed by atoms with van der Waals surface area (Å²) in [5.41, 5.74) is 1.75. The van der Waals surface area contributed by atoms with Crippen molar-refractivity contribution < 1.29 is 13.9 Å². The van der Waals surface area contributed by atoms with Crippen molar-refractivity contribution in [2.75, 3.05) is 5.32 Å². The highest BCUT2D eigenvalue weighted by molar-refractivity contribution is 9.10. The molecular formula is C23H18Br2N2O3. The number of carbonyl (C=O) groups excluding carboxylic acids is 1. The van der Waals surface area contributed by atoms with Crippen LogP contribution in [0.15, 0.2) is 80.1 Å². The average Bonchev–Trinajstić information content (AvgIpc) is 3.13. The number of aromatic nitrogens is 1. The molecule has 4 rings (SSSR count). The van der Waals surface area contributed by atoms with Gasteiger partial charge < -0.3 is 14.5 Å². The number of hydrogen-bond acceptors (Lipinski definition) is 4. The Morgan fingerprint density at radius 3 is 2.27 bits per heavy atom. The van der Waals surface area contributed by atoms with E-state index in [9.17, 15) is 4.79 Å². The Labute approximate surface area is 190 Å². The number of anilines is 1. The second kappa shape index (κ2) is 8.24. The number of halogens is 2. The van der Waals surface area contributed by atoms with Gasteiger partial charge in [0, 0.05) is 20.2 Å². The van der Waals surface area contributed by atoms with E-state index in [-0.39, 0.29) is 5.91 Å². The molecule has 7 heteroatoms. The topological polar surface area (TPSA) is 64.4 Å². The number of benzene rings is 3. The van der Waals surface area contributed by atoms with Crippen LogP contribution in [0.5, 0.6) is 5.75 Å². The molecule has 0 fully saturated rings. The molecule has 1 aromatic heterocycles. The molecule has 0 saturated heterocycles. The van der Waals surface area contributed by atoms with Gasteiger partial charge in [-0.05, 0) is 80.6 Å². The van der Waals surface area contributed by atoms with Gasteiger partial charge in [-0.15, -0.1) is 0 Å². The average molecular weight is 530 g/mol. The number of fused-ring (bicyclic) bond motifs is 1. The molecule has 4 aromatic rings. The van der Waals surface area contributed by atoms with Crippen molar-refractivity contribution in [2.45, 2.75) is 19.4 Å². The van der Waals surface area contributed by atoms with Crippen LogP contribution in [0.4, 0.5) is 5.69 Å². The molecule has 5 nitrogen and oxygen atoms in total. The lowest BCUT2D eigenvalue weighted by atomic mass is 10.1. The molecule has 0 atom stereocenters. The van der Waals surface area contributed by atoms with Crippen molar-refractivity contribution in [3.8, 4) is 17.2 Å². The van der Waals surface area contributed by atoms with E-state index < -0.39 is 5.60 Å². The van der Waals surface area contributed by atoms with Gasteiger partial charge in [0.2, 0.25) is 5.89 Å². The third kappa shape index (κ3) is 4.57. The number of nitrogens with zero attached hydrogens (tertiary/aromatic N) is 1. The van der Waals surface area contributed by atoms with Crippen LogP contribution in [0.25, 0.3) is 22.6 Å². The lowest BCUT2D eigenvalue weighted by Gasteiger charge is -2.25. The van der Waals surface area contributed by atoms with Gasteiger partial charge in [-0.25, -0.2) is 4.98 Å². The monoisotopic (exact) mass is 528 g/mol. The first-order valence-electron chi connectivity index (χ1n) is 9.23. The zero-order valence-electron chi connectivity index (χ0n) is 16.3. The fraction of sp³-hybridized carbons (Fsp3) is 0.130. The molecule has 3 aromatic carbocycles. The first-order chi connectivity index (χ1) is 14.3. The molecule has 0 aliphatic rings. The lowest BCUT2D eigenvalue weighted by molar-refractivity contribution is -0.128. The number of rotatable bonds is 5. The first-order valence-corrected chi connectivity index (χ1v) is 10.8. The van der Waals surface area contributed by atoms with E-state index in [0.717, 1.165) is 14.5 Å². The number of oxazole rings is 1. The number of nitrogens with one attached hydrogen (secondary N) is 1. The van der Waals surface area contributed by atoms with E-state index in [1.54, 1.807) is 32.0 Å². The maximum absolute atomic E-state index is 12.8. The fourth-order valence-electron chi connectivity index (χ4n) is 2.85. The maximum atomic E-state index is 12.8. The Kier molecular flexibility index (Phi) is 5.66. The fourth-order valence-corrected chi connectivity index (χ4v) is 3.38. The lowest BCUT2D eigenvalue weighted by Crippen LogP contribution is -2.42. The van der Waals surface area contributed by atoms with Crippen molar-refractivity contribution in [1.29, 1.82) is 0 Å². The van der Waals surface area contributed by atoms with Gasteiger partial charge in [0.15, 0.2) is 11.2 Å². The van der Waals surface area contributed by atoms with Gasteiger partial charge >= 0.3 is 0 Å². The summed E-state index contributed by atoms with van der Waals surface area (Å²) in [7, 11) is 0. The van der Waals surface area contributed by atoms with Gasteiger partial charge in [0.05, 0.1) is 0 Å². The summed E-state index contributed by atoms with van der Waals surface area (Å²) < 4.78 is 13.7. The molecule has 1 N–H and O–H groups in total. The molecule has 152 valence electrons. The third-order valence-electron chi connectivity index (χ3n) is 4.47. The van der Waals surface area contributed by atoms with Gasteiger partial charge in [0.25, 0.3) is 5.91 Å². The second-order valence-electron chi connectivity index (χ2n) is 7.23. The summed E-state index contributed by atoms with van der Waals surface area (Å²) >= 11 is 6.81. The Morgan fingerprint density at radius 1 is 0.967 bits per heavy atom. The van der Waals surface area contributed by atoms with Crippen molar-refractivity contribution in [3.05, 3.63) is 75.7 Å². The van der Waals surface area contributed by atoms with Gasteiger partial charge in [-0.2, -0.15) is 0 Å². The zero-order chi connectivity index (χ0) is 21.3. The van der Waals surface area contributed by atoms with Crippen molar-refractivity contribution in [3.63, 3.8) is 0 Å². The molecular weight excluding hydrogens is 512 g/mol. The van der Waals surface area contributed by atoms with Crippen LogP contribution in [0.3, 0.4) is 0 Å². The summed E-state index contributed by atoms with van der Waals surface area (Å²) in [6.07, 6.45) is 0. The molecule has 0 bridgehead atoms. The third-order valence-corrected chi connectivity index (χ3v) is 5.53. The highest BCUT2D eigenvalue weighted by Crippen LogP contribution is 2.28. The number of carbonyl (C=O) groups is 1. The molecule has 0 aliphatic carbocycles. The Balaban J connectivity index is 1.52. The molecule has 0 saturated carbocycles. The maximum Gasteiger partial charge on any atom is 0.267 e. The van der Waals surface area contributed by atoms with Crippen LogP contribution in [0.2, 0.25) is 0 Å². The Bertz CT molecular complexity index is 1200. The van der Waals surface area contributed by atoms with Crippen LogP contribution in [-0.4, -0.2) is 16.5 Å². The summed E-state index contributed by atoms with van der Waals surface area (Å²) in [6.45, 7) is 3.45. The minimum Gasteiger partial charge on any atom is -0.478 e. The minimum absolute atomic E-state index is 0.263. The largest absolute Gasteiger partial charge is 0.478 e. The molecule has 1 heterocycles. The predicted octanol–water partition coefficient (Wildman–Crippen LogP) is 6.82. The van der Waals surface area contributed by atoms with E-state index >= 15 is 0 Å².